The van der Waals surface area contributed by atoms with E-state index in [2.05, 4.69) is 16.0 Å². The van der Waals surface area contributed by atoms with Gasteiger partial charge in [-0.25, -0.2) is 0 Å². The summed E-state index contributed by atoms with van der Waals surface area (Å²) in [7, 11) is 1.52. The van der Waals surface area contributed by atoms with E-state index in [4.69, 9.17) is 21.1 Å². The van der Waals surface area contributed by atoms with Gasteiger partial charge >= 0.3 is 0 Å². The summed E-state index contributed by atoms with van der Waals surface area (Å²) in [5, 5.41) is 8.79. The number of carbonyl (C=O) groups excluding carboxylic acids is 3. The van der Waals surface area contributed by atoms with Crippen LogP contribution in [0.5, 0.6) is 11.5 Å². The van der Waals surface area contributed by atoms with Gasteiger partial charge in [0.25, 0.3) is 11.8 Å². The van der Waals surface area contributed by atoms with Gasteiger partial charge in [0.05, 0.1) is 24.5 Å². The van der Waals surface area contributed by atoms with Gasteiger partial charge in [-0.05, 0) is 67.6 Å². The molecule has 0 aliphatic heterocycles. The highest BCUT2D eigenvalue weighted by Crippen LogP contribution is 2.28. The Bertz CT molecular complexity index is 1630. The summed E-state index contributed by atoms with van der Waals surface area (Å²) in [6, 6.07) is 28.0. The molecule has 220 valence electrons. The molecule has 4 rings (SSSR count). The maximum Gasteiger partial charge on any atom is 0.272 e. The predicted octanol–water partition coefficient (Wildman–Crippen LogP) is 6.89. The van der Waals surface area contributed by atoms with Crippen LogP contribution in [0.3, 0.4) is 0 Å². The number of hydrogen-bond donors (Lipinski definition) is 3. The van der Waals surface area contributed by atoms with Crippen molar-refractivity contribution in [1.29, 1.82) is 0 Å². The van der Waals surface area contributed by atoms with Crippen LogP contribution < -0.4 is 25.4 Å². The van der Waals surface area contributed by atoms with Crippen molar-refractivity contribution in [2.75, 3.05) is 30.1 Å². The average molecular weight is 616 g/mol. The van der Waals surface area contributed by atoms with Crippen LogP contribution in [0, 0.1) is 0 Å². The molecular formula is C33H30ClN3O5S. The first-order chi connectivity index (χ1) is 20.9. The highest BCUT2D eigenvalue weighted by atomic mass is 35.5. The fourth-order valence-corrected chi connectivity index (χ4v) is 4.95. The smallest absolute Gasteiger partial charge is 0.272 e. The Labute approximate surface area is 259 Å². The number of ether oxygens (including phenoxy) is 2. The lowest BCUT2D eigenvalue weighted by Gasteiger charge is -2.13. The van der Waals surface area contributed by atoms with Crippen molar-refractivity contribution >= 4 is 58.5 Å². The van der Waals surface area contributed by atoms with Crippen molar-refractivity contribution in [3.63, 3.8) is 0 Å². The van der Waals surface area contributed by atoms with E-state index in [0.29, 0.717) is 45.6 Å². The highest BCUT2D eigenvalue weighted by molar-refractivity contribution is 8.00. The van der Waals surface area contributed by atoms with Gasteiger partial charge in [-0.1, -0.05) is 54.1 Å². The molecule has 0 unspecified atom stereocenters. The molecule has 4 aromatic carbocycles. The minimum absolute atomic E-state index is 0.0385. The van der Waals surface area contributed by atoms with E-state index in [1.165, 1.54) is 18.9 Å². The lowest BCUT2D eigenvalue weighted by Crippen LogP contribution is -2.30. The number of anilines is 2. The van der Waals surface area contributed by atoms with Crippen LogP contribution in [0.2, 0.25) is 5.02 Å². The summed E-state index contributed by atoms with van der Waals surface area (Å²) in [5.41, 5.74) is 2.14. The predicted molar refractivity (Wildman–Crippen MR) is 172 cm³/mol. The normalized spacial score (nSPS) is 10.9. The number of methoxy groups -OCH3 is 1. The number of benzene rings is 4. The zero-order valence-electron chi connectivity index (χ0n) is 23.6. The summed E-state index contributed by atoms with van der Waals surface area (Å²) in [4.78, 5) is 39.8. The Hall–Kier alpha value is -4.73. The monoisotopic (exact) mass is 615 g/mol. The molecule has 3 N–H and O–H groups in total. The van der Waals surface area contributed by atoms with Crippen LogP contribution >= 0.6 is 23.4 Å². The van der Waals surface area contributed by atoms with Gasteiger partial charge in [-0.15, -0.1) is 11.8 Å². The maximum atomic E-state index is 13.5. The molecule has 3 amide bonds. The molecule has 0 saturated heterocycles. The number of halogens is 1. The van der Waals surface area contributed by atoms with Gasteiger partial charge < -0.3 is 25.4 Å². The molecule has 0 aromatic heterocycles. The molecule has 0 aliphatic rings. The quantitative estimate of drug-likeness (QED) is 0.118. The van der Waals surface area contributed by atoms with Crippen LogP contribution in [0.25, 0.3) is 6.08 Å². The van der Waals surface area contributed by atoms with E-state index in [1.54, 1.807) is 78.9 Å². The van der Waals surface area contributed by atoms with Crippen LogP contribution in [0.1, 0.15) is 22.8 Å². The molecule has 0 atom stereocenters. The molecular weight excluding hydrogens is 586 g/mol. The first-order valence-electron chi connectivity index (χ1n) is 13.3. The SMILES string of the molecule is CCOc1ccccc1/C=C(/NC(=O)c1ccccc1)C(=O)Nc1cccc(SCC(=O)Nc2ccc(OC)c(Cl)c2)c1. The van der Waals surface area contributed by atoms with E-state index in [9.17, 15) is 14.4 Å². The van der Waals surface area contributed by atoms with Crippen molar-refractivity contribution < 1.29 is 23.9 Å². The third kappa shape index (κ3) is 9.13. The lowest BCUT2D eigenvalue weighted by molar-refractivity contribution is -0.114. The minimum Gasteiger partial charge on any atom is -0.495 e. The van der Waals surface area contributed by atoms with Crippen molar-refractivity contribution in [2.45, 2.75) is 11.8 Å². The molecule has 0 radical (unpaired) electrons. The standard InChI is InChI=1S/C33H30ClN3O5S/c1-3-42-29-15-8-7-12-23(29)18-28(37-32(39)22-10-5-4-6-11-22)33(40)36-24-13-9-14-26(19-24)43-21-31(38)35-25-16-17-30(41-2)27(34)20-25/h4-20H,3,21H2,1-2H3,(H,35,38)(H,36,40)(H,37,39)/b28-18+. The molecule has 0 aliphatic carbocycles. The molecule has 0 fully saturated rings. The molecule has 4 aromatic rings. The van der Waals surface area contributed by atoms with E-state index in [-0.39, 0.29) is 17.4 Å². The average Bonchev–Trinajstić information content (AvgIpc) is 3.01. The zero-order chi connectivity index (χ0) is 30.6. The van der Waals surface area contributed by atoms with Gasteiger partial charge in [-0.2, -0.15) is 0 Å². The first kappa shape index (κ1) is 31.2. The molecule has 0 saturated carbocycles. The summed E-state index contributed by atoms with van der Waals surface area (Å²) < 4.78 is 10.8. The number of hydrogen-bond acceptors (Lipinski definition) is 6. The van der Waals surface area contributed by atoms with Crippen molar-refractivity contribution in [3.05, 3.63) is 119 Å². The number of nitrogens with one attached hydrogen (secondary N) is 3. The van der Waals surface area contributed by atoms with Gasteiger partial charge in [0, 0.05) is 27.4 Å². The van der Waals surface area contributed by atoms with Gasteiger partial charge in [0.15, 0.2) is 0 Å². The molecule has 8 nitrogen and oxygen atoms in total. The second-order valence-corrected chi connectivity index (χ2v) is 10.5. The Kier molecular flexibility index (Phi) is 11.2. The largest absolute Gasteiger partial charge is 0.495 e. The van der Waals surface area contributed by atoms with Crippen molar-refractivity contribution in [3.8, 4) is 11.5 Å². The van der Waals surface area contributed by atoms with Crippen LogP contribution in [0.4, 0.5) is 11.4 Å². The van der Waals surface area contributed by atoms with Gasteiger partial charge in [0.2, 0.25) is 5.91 Å². The molecule has 0 bridgehead atoms. The second kappa shape index (κ2) is 15.5. The van der Waals surface area contributed by atoms with Crippen LogP contribution in [-0.4, -0.2) is 37.2 Å². The van der Waals surface area contributed by atoms with Gasteiger partial charge in [-0.3, -0.25) is 14.4 Å². The lowest BCUT2D eigenvalue weighted by atomic mass is 10.1. The fourth-order valence-electron chi connectivity index (χ4n) is 3.94. The van der Waals surface area contributed by atoms with E-state index in [0.717, 1.165) is 4.90 Å². The molecule has 0 spiro atoms. The number of thioether (sulfide) groups is 1. The minimum atomic E-state index is -0.521. The summed E-state index contributed by atoms with van der Waals surface area (Å²) in [6.07, 6.45) is 1.58. The Morgan fingerprint density at radius 3 is 2.33 bits per heavy atom. The number of amides is 3. The highest BCUT2D eigenvalue weighted by Gasteiger charge is 2.16. The summed E-state index contributed by atoms with van der Waals surface area (Å²) >= 11 is 7.45. The molecule has 43 heavy (non-hydrogen) atoms. The third-order valence-electron chi connectivity index (χ3n) is 5.94. The molecule has 10 heteroatoms. The van der Waals surface area contributed by atoms with Crippen LogP contribution in [-0.2, 0) is 9.59 Å². The number of para-hydroxylation sites is 1. The first-order valence-corrected chi connectivity index (χ1v) is 14.7. The van der Waals surface area contributed by atoms with Crippen molar-refractivity contribution in [1.82, 2.24) is 5.32 Å². The maximum absolute atomic E-state index is 13.5. The van der Waals surface area contributed by atoms with E-state index >= 15 is 0 Å². The topological polar surface area (TPSA) is 106 Å². The summed E-state index contributed by atoms with van der Waals surface area (Å²) in [5.74, 6) is 0.0636. The number of rotatable bonds is 12. The van der Waals surface area contributed by atoms with Crippen LogP contribution in [0.15, 0.2) is 108 Å². The Morgan fingerprint density at radius 1 is 0.837 bits per heavy atom. The Morgan fingerprint density at radius 2 is 1.58 bits per heavy atom. The zero-order valence-corrected chi connectivity index (χ0v) is 25.1. The fraction of sp³-hybridized carbons (Fsp3) is 0.121. The molecule has 0 heterocycles. The van der Waals surface area contributed by atoms with Gasteiger partial charge in [0.1, 0.15) is 17.2 Å². The van der Waals surface area contributed by atoms with Crippen molar-refractivity contribution in [2.24, 2.45) is 0 Å². The number of carbonyl (C=O) groups is 3. The van der Waals surface area contributed by atoms with E-state index in [1.807, 2.05) is 31.2 Å². The third-order valence-corrected chi connectivity index (χ3v) is 7.23. The second-order valence-electron chi connectivity index (χ2n) is 9.02. The Balaban J connectivity index is 1.47. The van der Waals surface area contributed by atoms with E-state index < -0.39 is 11.8 Å². The summed E-state index contributed by atoms with van der Waals surface area (Å²) in [6.45, 7) is 2.31.